The van der Waals surface area contributed by atoms with Crippen molar-refractivity contribution in [3.63, 3.8) is 0 Å². The molecule has 0 saturated heterocycles. The van der Waals surface area contributed by atoms with Crippen molar-refractivity contribution >= 4 is 47.3 Å². The molecule has 0 saturated carbocycles. The number of amides is 4. The van der Waals surface area contributed by atoms with Gasteiger partial charge in [-0.05, 0) is 31.8 Å². The fourth-order valence-electron chi connectivity index (χ4n) is 2.51. The average molecular weight is 494 g/mol. The molecule has 10 N–H and O–H groups in total. The van der Waals surface area contributed by atoms with Gasteiger partial charge in [-0.25, -0.2) is 4.79 Å². The van der Waals surface area contributed by atoms with Crippen molar-refractivity contribution in [3.8, 4) is 0 Å². The summed E-state index contributed by atoms with van der Waals surface area (Å²) in [5.74, 6) is -6.07. The Hall–Kier alpha value is -2.91. The van der Waals surface area contributed by atoms with Crippen LogP contribution in [0.3, 0.4) is 0 Å². The highest BCUT2D eigenvalue weighted by atomic mass is 32.2. The Kier molecular flexibility index (Phi) is 13.7. The maximum absolute atomic E-state index is 12.7. The first-order valence-corrected chi connectivity index (χ1v) is 11.3. The van der Waals surface area contributed by atoms with E-state index in [1.807, 2.05) is 5.32 Å². The second-order valence-corrected chi connectivity index (χ2v) is 8.16. The number of carbonyl (C=O) groups excluding carboxylic acids is 4. The molecule has 15 heteroatoms. The molecule has 0 aliphatic carbocycles. The summed E-state index contributed by atoms with van der Waals surface area (Å²) in [4.78, 5) is 70.7. The summed E-state index contributed by atoms with van der Waals surface area (Å²) in [7, 11) is 0. The second-order valence-electron chi connectivity index (χ2n) is 7.18. The molecule has 5 unspecified atom stereocenters. The van der Waals surface area contributed by atoms with Crippen LogP contribution in [-0.4, -0.2) is 93.2 Å². The smallest absolute Gasteiger partial charge is 0.328 e. The van der Waals surface area contributed by atoms with Gasteiger partial charge in [0.2, 0.25) is 23.6 Å². The molecule has 5 atom stereocenters. The number of carboxylic acid groups (broad SMARTS) is 2. The van der Waals surface area contributed by atoms with Crippen LogP contribution in [-0.2, 0) is 28.8 Å². The minimum absolute atomic E-state index is 0.0575. The van der Waals surface area contributed by atoms with Gasteiger partial charge in [0.15, 0.2) is 6.04 Å². The predicted octanol–water partition coefficient (Wildman–Crippen LogP) is -3.27. The molecular formula is C18H31N5O9S. The normalized spacial score (nSPS) is 15.3. The molecule has 0 aliphatic heterocycles. The molecule has 188 valence electrons. The number of hydrogen-bond donors (Lipinski definition) is 8. The molecule has 0 aliphatic rings. The van der Waals surface area contributed by atoms with E-state index >= 15 is 0 Å². The van der Waals surface area contributed by atoms with Crippen molar-refractivity contribution in [1.29, 1.82) is 0 Å². The van der Waals surface area contributed by atoms with Crippen LogP contribution in [0.1, 0.15) is 32.6 Å². The highest BCUT2D eigenvalue weighted by molar-refractivity contribution is 7.98. The van der Waals surface area contributed by atoms with Crippen LogP contribution in [0.15, 0.2) is 0 Å². The van der Waals surface area contributed by atoms with E-state index in [-0.39, 0.29) is 19.3 Å². The molecule has 4 amide bonds. The van der Waals surface area contributed by atoms with Crippen molar-refractivity contribution in [2.75, 3.05) is 12.0 Å². The summed E-state index contributed by atoms with van der Waals surface area (Å²) in [6, 6.07) is -5.75. The number of thioether (sulfide) groups is 1. The second kappa shape index (κ2) is 15.0. The third kappa shape index (κ3) is 12.1. The topological polar surface area (TPSA) is 251 Å². The van der Waals surface area contributed by atoms with E-state index < -0.39 is 72.3 Å². The number of nitrogens with two attached hydrogens (primary N) is 2. The van der Waals surface area contributed by atoms with Gasteiger partial charge >= 0.3 is 11.9 Å². The maximum Gasteiger partial charge on any atom is 0.328 e. The van der Waals surface area contributed by atoms with E-state index in [2.05, 4.69) is 10.6 Å². The predicted molar refractivity (Wildman–Crippen MR) is 117 cm³/mol. The van der Waals surface area contributed by atoms with Crippen LogP contribution in [0.4, 0.5) is 0 Å². The molecule has 0 aromatic rings. The Morgan fingerprint density at radius 3 is 1.91 bits per heavy atom. The summed E-state index contributed by atoms with van der Waals surface area (Å²) < 4.78 is 0. The van der Waals surface area contributed by atoms with E-state index in [0.717, 1.165) is 6.92 Å². The molecule has 0 rings (SSSR count). The summed E-state index contributed by atoms with van der Waals surface area (Å²) in [5, 5.41) is 34.2. The fraction of sp³-hybridized carbons (Fsp3) is 0.667. The average Bonchev–Trinajstić information content (AvgIpc) is 2.71. The van der Waals surface area contributed by atoms with Crippen molar-refractivity contribution < 1.29 is 44.1 Å². The Labute approximate surface area is 194 Å². The van der Waals surface area contributed by atoms with Gasteiger partial charge in [0.05, 0.1) is 18.6 Å². The Morgan fingerprint density at radius 1 is 0.909 bits per heavy atom. The largest absolute Gasteiger partial charge is 0.481 e. The molecule has 0 bridgehead atoms. The Bertz CT molecular complexity index is 734. The number of carbonyl (C=O) groups is 6. The van der Waals surface area contributed by atoms with Gasteiger partial charge in [-0.3, -0.25) is 24.0 Å². The molecule has 0 radical (unpaired) electrons. The molecule has 0 spiro atoms. The van der Waals surface area contributed by atoms with Gasteiger partial charge < -0.3 is 42.7 Å². The third-order valence-corrected chi connectivity index (χ3v) is 4.98. The highest BCUT2D eigenvalue weighted by Crippen LogP contribution is 2.05. The fourth-order valence-corrected chi connectivity index (χ4v) is 2.98. The number of aliphatic hydroxyl groups excluding tert-OH is 1. The van der Waals surface area contributed by atoms with Gasteiger partial charge in [-0.1, -0.05) is 0 Å². The lowest BCUT2D eigenvalue weighted by Crippen LogP contribution is -2.58. The zero-order valence-corrected chi connectivity index (χ0v) is 19.1. The summed E-state index contributed by atoms with van der Waals surface area (Å²) in [5.41, 5.74) is 10.7. The first kappa shape index (κ1) is 30.1. The Balaban J connectivity index is 5.44. The first-order valence-electron chi connectivity index (χ1n) is 9.86. The lowest BCUT2D eigenvalue weighted by atomic mass is 10.1. The minimum Gasteiger partial charge on any atom is -0.481 e. The van der Waals surface area contributed by atoms with E-state index in [1.54, 1.807) is 6.26 Å². The number of primary amides is 1. The van der Waals surface area contributed by atoms with E-state index in [0.29, 0.717) is 5.75 Å². The number of hydrogen-bond acceptors (Lipinski definition) is 9. The lowest BCUT2D eigenvalue weighted by Gasteiger charge is -2.25. The molecule has 0 aromatic heterocycles. The third-order valence-electron chi connectivity index (χ3n) is 4.34. The molecule has 0 heterocycles. The molecule has 33 heavy (non-hydrogen) atoms. The highest BCUT2D eigenvalue weighted by Gasteiger charge is 2.32. The number of carboxylic acids is 2. The van der Waals surface area contributed by atoms with Gasteiger partial charge in [-0.2, -0.15) is 11.8 Å². The van der Waals surface area contributed by atoms with Gasteiger partial charge in [0, 0.05) is 6.42 Å². The van der Waals surface area contributed by atoms with Gasteiger partial charge in [0.25, 0.3) is 0 Å². The van der Waals surface area contributed by atoms with E-state index in [4.69, 9.17) is 21.7 Å². The monoisotopic (exact) mass is 493 g/mol. The summed E-state index contributed by atoms with van der Waals surface area (Å²) in [6.07, 6.45) is -0.733. The zero-order chi connectivity index (χ0) is 25.7. The SMILES string of the molecule is CSCCC(NC(=O)C(N)CCC(N)=O)C(=O)NC(CC(=O)O)C(=O)NC(C(=O)O)C(C)O. The van der Waals surface area contributed by atoms with Crippen molar-refractivity contribution in [2.45, 2.75) is 62.9 Å². The maximum atomic E-state index is 12.7. The summed E-state index contributed by atoms with van der Waals surface area (Å²) in [6.45, 7) is 1.11. The molecule has 0 aromatic carbocycles. The molecular weight excluding hydrogens is 462 g/mol. The van der Waals surface area contributed by atoms with Crippen molar-refractivity contribution in [3.05, 3.63) is 0 Å². The van der Waals surface area contributed by atoms with E-state index in [9.17, 15) is 33.9 Å². The minimum atomic E-state index is -1.74. The number of nitrogens with one attached hydrogen (secondary N) is 3. The van der Waals surface area contributed by atoms with Crippen LogP contribution >= 0.6 is 11.8 Å². The zero-order valence-electron chi connectivity index (χ0n) is 18.3. The van der Waals surface area contributed by atoms with Crippen LogP contribution in [0.5, 0.6) is 0 Å². The number of aliphatic hydroxyl groups is 1. The standard InChI is InChI=1S/C18H31N5O9S/c1-8(24)14(18(31)32)23-17(30)11(7-13(26)27)22-16(29)10(5-6-33-2)21-15(28)9(19)3-4-12(20)25/h8-11,14,24H,3-7,19H2,1-2H3,(H2,20,25)(H,21,28)(H,22,29)(H,23,30)(H,26,27)(H,31,32). The van der Waals surface area contributed by atoms with Crippen LogP contribution in [0, 0.1) is 0 Å². The molecule has 14 nitrogen and oxygen atoms in total. The summed E-state index contributed by atoms with van der Waals surface area (Å²) >= 11 is 1.36. The van der Waals surface area contributed by atoms with Gasteiger partial charge in [0.1, 0.15) is 12.1 Å². The van der Waals surface area contributed by atoms with Crippen molar-refractivity contribution in [2.24, 2.45) is 11.5 Å². The van der Waals surface area contributed by atoms with Gasteiger partial charge in [-0.15, -0.1) is 0 Å². The lowest BCUT2D eigenvalue weighted by molar-refractivity contribution is -0.146. The number of aliphatic carboxylic acids is 2. The number of rotatable bonds is 16. The first-order chi connectivity index (χ1) is 15.3. The van der Waals surface area contributed by atoms with Crippen LogP contribution in [0.2, 0.25) is 0 Å². The Morgan fingerprint density at radius 2 is 1.45 bits per heavy atom. The van der Waals surface area contributed by atoms with Crippen molar-refractivity contribution in [1.82, 2.24) is 16.0 Å². The van der Waals surface area contributed by atoms with Crippen LogP contribution in [0.25, 0.3) is 0 Å². The molecule has 0 fully saturated rings. The van der Waals surface area contributed by atoms with E-state index in [1.165, 1.54) is 11.8 Å². The van der Waals surface area contributed by atoms with Crippen LogP contribution < -0.4 is 27.4 Å². The quantitative estimate of drug-likeness (QED) is 0.106.